The van der Waals surface area contributed by atoms with E-state index in [1.807, 2.05) is 38.1 Å². The van der Waals surface area contributed by atoms with Crippen molar-refractivity contribution in [3.63, 3.8) is 0 Å². The Labute approximate surface area is 182 Å². The molecule has 0 fully saturated rings. The minimum Gasteiger partial charge on any atom is -0.348 e. The van der Waals surface area contributed by atoms with Gasteiger partial charge in [-0.25, -0.2) is 8.42 Å². The van der Waals surface area contributed by atoms with Crippen LogP contribution in [0.25, 0.3) is 0 Å². The zero-order valence-corrected chi connectivity index (χ0v) is 18.9. The van der Waals surface area contributed by atoms with Gasteiger partial charge >= 0.3 is 0 Å². The van der Waals surface area contributed by atoms with Gasteiger partial charge in [0.05, 0.1) is 10.9 Å². The van der Waals surface area contributed by atoms with Crippen LogP contribution in [0.3, 0.4) is 0 Å². The molecule has 162 valence electrons. The van der Waals surface area contributed by atoms with E-state index in [1.54, 1.807) is 38.1 Å². The standard InChI is InChI=1S/C24H26N2O4S/c1-16-10-12-20(13-11-16)19(4)25-22(27)15-26-18(3)14-17(2)23(24(26)28)31(29,30)21-8-6-5-7-9-21/h5-14,19H,15H2,1-4H3,(H,25,27). The summed E-state index contributed by atoms with van der Waals surface area (Å²) in [5.41, 5.74) is 2.25. The minimum absolute atomic E-state index is 0.0445. The second kappa shape index (κ2) is 8.89. The average molecular weight is 439 g/mol. The molecule has 0 saturated heterocycles. The van der Waals surface area contributed by atoms with Crippen LogP contribution in [0.15, 0.2) is 75.2 Å². The van der Waals surface area contributed by atoms with Gasteiger partial charge in [-0.1, -0.05) is 48.0 Å². The summed E-state index contributed by atoms with van der Waals surface area (Å²) in [5, 5.41) is 2.87. The van der Waals surface area contributed by atoms with Gasteiger partial charge in [-0.2, -0.15) is 0 Å². The highest BCUT2D eigenvalue weighted by Crippen LogP contribution is 2.21. The van der Waals surface area contributed by atoms with Crippen LogP contribution in [0.1, 0.15) is 35.3 Å². The highest BCUT2D eigenvalue weighted by atomic mass is 32.2. The fraction of sp³-hybridized carbons (Fsp3) is 0.250. The smallest absolute Gasteiger partial charge is 0.270 e. The third kappa shape index (κ3) is 4.77. The molecule has 3 rings (SSSR count). The fourth-order valence-electron chi connectivity index (χ4n) is 3.52. The molecule has 31 heavy (non-hydrogen) atoms. The van der Waals surface area contributed by atoms with Crippen LogP contribution in [0.5, 0.6) is 0 Å². The molecule has 1 amide bonds. The molecule has 0 bridgehead atoms. The predicted molar refractivity (Wildman–Crippen MR) is 120 cm³/mol. The van der Waals surface area contributed by atoms with Crippen LogP contribution in [0.2, 0.25) is 0 Å². The topological polar surface area (TPSA) is 85.2 Å². The molecule has 0 aliphatic heterocycles. The van der Waals surface area contributed by atoms with E-state index in [-0.39, 0.29) is 28.3 Å². The lowest BCUT2D eigenvalue weighted by Crippen LogP contribution is -2.36. The zero-order chi connectivity index (χ0) is 22.8. The number of rotatable bonds is 6. The molecule has 1 unspecified atom stereocenters. The highest BCUT2D eigenvalue weighted by Gasteiger charge is 2.26. The molecule has 3 aromatic rings. The van der Waals surface area contributed by atoms with E-state index in [9.17, 15) is 18.0 Å². The van der Waals surface area contributed by atoms with Crippen LogP contribution in [0.4, 0.5) is 0 Å². The average Bonchev–Trinajstić information content (AvgIpc) is 2.72. The molecule has 1 heterocycles. The van der Waals surface area contributed by atoms with E-state index in [0.29, 0.717) is 11.3 Å². The molecule has 0 saturated carbocycles. The van der Waals surface area contributed by atoms with Gasteiger partial charge in [0, 0.05) is 5.69 Å². The number of carbonyl (C=O) groups excluding carboxylic acids is 1. The van der Waals surface area contributed by atoms with E-state index in [2.05, 4.69) is 5.32 Å². The van der Waals surface area contributed by atoms with E-state index >= 15 is 0 Å². The van der Waals surface area contributed by atoms with Gasteiger partial charge in [-0.3, -0.25) is 9.59 Å². The van der Waals surface area contributed by atoms with Gasteiger partial charge in [0.15, 0.2) is 0 Å². The second-order valence-corrected chi connectivity index (χ2v) is 9.59. The molecule has 0 aliphatic rings. The number of nitrogens with one attached hydrogen (secondary N) is 1. The Kier molecular flexibility index (Phi) is 6.45. The number of carbonyl (C=O) groups is 1. The Morgan fingerprint density at radius 3 is 2.23 bits per heavy atom. The van der Waals surface area contributed by atoms with Crippen molar-refractivity contribution >= 4 is 15.7 Å². The number of hydrogen-bond acceptors (Lipinski definition) is 4. The van der Waals surface area contributed by atoms with Crippen LogP contribution < -0.4 is 10.9 Å². The van der Waals surface area contributed by atoms with Crippen LogP contribution >= 0.6 is 0 Å². The van der Waals surface area contributed by atoms with Crippen molar-refractivity contribution in [2.45, 2.75) is 50.1 Å². The fourth-order valence-corrected chi connectivity index (χ4v) is 5.09. The summed E-state index contributed by atoms with van der Waals surface area (Å²) >= 11 is 0. The summed E-state index contributed by atoms with van der Waals surface area (Å²) in [7, 11) is -4.01. The summed E-state index contributed by atoms with van der Waals surface area (Å²) < 4.78 is 27.4. The zero-order valence-electron chi connectivity index (χ0n) is 18.0. The quantitative estimate of drug-likeness (QED) is 0.638. The van der Waals surface area contributed by atoms with Gasteiger partial charge < -0.3 is 9.88 Å². The lowest BCUT2D eigenvalue weighted by Gasteiger charge is -2.18. The maximum atomic E-state index is 13.2. The molecule has 7 heteroatoms. The molecule has 0 spiro atoms. The molecule has 6 nitrogen and oxygen atoms in total. The first-order valence-corrected chi connectivity index (χ1v) is 11.5. The summed E-state index contributed by atoms with van der Waals surface area (Å²) in [4.78, 5) is 25.6. The molecular weight excluding hydrogens is 412 g/mol. The number of pyridine rings is 1. The minimum atomic E-state index is -4.01. The number of aromatic nitrogens is 1. The van der Waals surface area contributed by atoms with Crippen LogP contribution in [-0.4, -0.2) is 18.9 Å². The predicted octanol–water partition coefficient (Wildman–Crippen LogP) is 3.48. The number of amides is 1. The van der Waals surface area contributed by atoms with Crippen molar-refractivity contribution in [1.29, 1.82) is 0 Å². The normalized spacial score (nSPS) is 12.4. The summed E-state index contributed by atoms with van der Waals surface area (Å²) in [6.07, 6.45) is 0. The van der Waals surface area contributed by atoms with Crippen LogP contribution in [0, 0.1) is 20.8 Å². The van der Waals surface area contributed by atoms with Gasteiger partial charge in [0.1, 0.15) is 11.4 Å². The number of aryl methyl sites for hydroxylation is 3. The molecule has 1 N–H and O–H groups in total. The Morgan fingerprint density at radius 2 is 1.61 bits per heavy atom. The highest BCUT2D eigenvalue weighted by molar-refractivity contribution is 7.91. The van der Waals surface area contributed by atoms with Gasteiger partial charge in [0.2, 0.25) is 15.7 Å². The van der Waals surface area contributed by atoms with Gasteiger partial charge in [-0.15, -0.1) is 0 Å². The number of nitrogens with zero attached hydrogens (tertiary/aromatic N) is 1. The van der Waals surface area contributed by atoms with Crippen molar-refractivity contribution in [3.8, 4) is 0 Å². The Bertz CT molecular complexity index is 1260. The Morgan fingerprint density at radius 1 is 1.00 bits per heavy atom. The van der Waals surface area contributed by atoms with Crippen molar-refractivity contribution in [3.05, 3.63) is 93.4 Å². The van der Waals surface area contributed by atoms with Crippen molar-refractivity contribution < 1.29 is 13.2 Å². The molecule has 2 aromatic carbocycles. The number of benzene rings is 2. The SMILES string of the molecule is Cc1ccc(C(C)NC(=O)Cn2c(C)cc(C)c(S(=O)(=O)c3ccccc3)c2=O)cc1. The summed E-state index contributed by atoms with van der Waals surface area (Å²) in [6, 6.07) is 17.0. The van der Waals surface area contributed by atoms with Gasteiger partial charge in [-0.05, 0) is 57.0 Å². The van der Waals surface area contributed by atoms with E-state index in [0.717, 1.165) is 11.1 Å². The molecule has 0 aliphatic carbocycles. The number of hydrogen-bond donors (Lipinski definition) is 1. The first-order chi connectivity index (χ1) is 14.6. The van der Waals surface area contributed by atoms with E-state index < -0.39 is 15.4 Å². The number of sulfone groups is 1. The van der Waals surface area contributed by atoms with E-state index in [4.69, 9.17) is 0 Å². The van der Waals surface area contributed by atoms with Crippen molar-refractivity contribution in [2.24, 2.45) is 0 Å². The lowest BCUT2D eigenvalue weighted by molar-refractivity contribution is -0.122. The third-order valence-electron chi connectivity index (χ3n) is 5.23. The largest absolute Gasteiger partial charge is 0.348 e. The molecule has 0 radical (unpaired) electrons. The van der Waals surface area contributed by atoms with Gasteiger partial charge in [0.25, 0.3) is 5.56 Å². The van der Waals surface area contributed by atoms with E-state index in [1.165, 1.54) is 16.7 Å². The van der Waals surface area contributed by atoms with Crippen molar-refractivity contribution in [1.82, 2.24) is 9.88 Å². The molecule has 1 atom stereocenters. The van der Waals surface area contributed by atoms with Crippen LogP contribution in [-0.2, 0) is 21.2 Å². The maximum absolute atomic E-state index is 13.2. The summed E-state index contributed by atoms with van der Waals surface area (Å²) in [5.74, 6) is -0.370. The molecule has 1 aromatic heterocycles. The maximum Gasteiger partial charge on any atom is 0.270 e. The first kappa shape index (κ1) is 22.5. The molecular formula is C24H26N2O4S. The Balaban J connectivity index is 1.92. The lowest BCUT2D eigenvalue weighted by atomic mass is 10.1. The second-order valence-electron chi connectivity index (χ2n) is 7.71. The summed E-state index contributed by atoms with van der Waals surface area (Å²) in [6.45, 7) is 6.86. The monoisotopic (exact) mass is 438 g/mol. The van der Waals surface area contributed by atoms with Crippen molar-refractivity contribution in [2.75, 3.05) is 0 Å². The Hall–Kier alpha value is -3.19. The first-order valence-electron chi connectivity index (χ1n) is 9.98. The third-order valence-corrected chi connectivity index (χ3v) is 7.15.